The van der Waals surface area contributed by atoms with Crippen molar-refractivity contribution in [1.82, 2.24) is 4.90 Å². The van der Waals surface area contributed by atoms with Crippen LogP contribution in [0.3, 0.4) is 0 Å². The van der Waals surface area contributed by atoms with Gasteiger partial charge in [-0.15, -0.1) is 0 Å². The van der Waals surface area contributed by atoms with Crippen molar-refractivity contribution in [3.8, 4) is 0 Å². The number of aliphatic hydroxyl groups excluding tert-OH is 3. The highest BCUT2D eigenvalue weighted by Crippen LogP contribution is 2.32. The van der Waals surface area contributed by atoms with Crippen molar-refractivity contribution in [1.29, 1.82) is 0 Å². The van der Waals surface area contributed by atoms with Gasteiger partial charge in [-0.05, 0) is 12.8 Å². The van der Waals surface area contributed by atoms with E-state index in [1.165, 1.54) is 0 Å². The molecule has 0 bridgehead atoms. The van der Waals surface area contributed by atoms with Crippen LogP contribution in [-0.4, -0.2) is 57.3 Å². The maximum Gasteiger partial charge on any atom is 0.308 e. The number of nitrogens with zero attached hydrogens (tertiary/aromatic N) is 2. The van der Waals surface area contributed by atoms with E-state index < -0.39 is 30.5 Å². The number of hydrogen-bond donors (Lipinski definition) is 3. The van der Waals surface area contributed by atoms with Crippen LogP contribution in [-0.2, 0) is 0 Å². The van der Waals surface area contributed by atoms with Crippen molar-refractivity contribution in [2.75, 3.05) is 6.54 Å². The first-order valence-corrected chi connectivity index (χ1v) is 4.83. The molecule has 5 nitrogen and oxygen atoms in total. The van der Waals surface area contributed by atoms with Crippen LogP contribution in [0.5, 0.6) is 0 Å². The number of fused-ring (bicyclic) bond motifs is 1. The van der Waals surface area contributed by atoms with E-state index in [1.807, 2.05) is 0 Å². The van der Waals surface area contributed by atoms with Crippen LogP contribution in [0.4, 0.5) is 0 Å². The summed E-state index contributed by atoms with van der Waals surface area (Å²) in [6.45, 7) is 7.61. The molecule has 0 amide bonds. The Hall–Kier alpha value is -0.670. The van der Waals surface area contributed by atoms with E-state index in [0.29, 0.717) is 13.0 Å². The van der Waals surface area contributed by atoms with Crippen LogP contribution in [0.15, 0.2) is 0 Å². The first kappa shape index (κ1) is 9.87. The number of hydrogen-bond acceptors (Lipinski definition) is 4. The molecule has 0 radical (unpaired) electrons. The second-order valence-electron chi connectivity index (χ2n) is 3.96. The van der Waals surface area contributed by atoms with Gasteiger partial charge in [-0.3, -0.25) is 4.85 Å². The molecule has 5 heteroatoms. The van der Waals surface area contributed by atoms with Crippen LogP contribution < -0.4 is 0 Å². The smallest absolute Gasteiger partial charge is 0.308 e. The molecule has 2 rings (SSSR count). The van der Waals surface area contributed by atoms with Gasteiger partial charge < -0.3 is 15.3 Å². The van der Waals surface area contributed by atoms with Gasteiger partial charge in [0.15, 0.2) is 6.10 Å². The molecule has 0 aromatic heterocycles. The molecule has 3 N–H and O–H groups in total. The lowest BCUT2D eigenvalue weighted by atomic mass is 9.97. The fourth-order valence-corrected chi connectivity index (χ4v) is 2.48. The van der Waals surface area contributed by atoms with E-state index in [1.54, 1.807) is 4.90 Å². The quantitative estimate of drug-likeness (QED) is 0.427. The van der Waals surface area contributed by atoms with E-state index in [0.717, 1.165) is 6.42 Å². The third-order valence-electron chi connectivity index (χ3n) is 3.17. The largest absolute Gasteiger partial charge is 0.391 e. The maximum absolute atomic E-state index is 9.67. The Balaban J connectivity index is 2.25. The van der Waals surface area contributed by atoms with Crippen molar-refractivity contribution in [3.05, 3.63) is 11.4 Å². The van der Waals surface area contributed by atoms with Gasteiger partial charge in [-0.25, -0.2) is 11.5 Å². The highest BCUT2D eigenvalue weighted by molar-refractivity contribution is 5.07. The molecule has 2 unspecified atom stereocenters. The van der Waals surface area contributed by atoms with E-state index in [-0.39, 0.29) is 0 Å². The average Bonchev–Trinajstić information content (AvgIpc) is 2.41. The molecule has 2 heterocycles. The van der Waals surface area contributed by atoms with Crippen molar-refractivity contribution >= 4 is 0 Å². The van der Waals surface area contributed by atoms with Gasteiger partial charge in [0.05, 0.1) is 12.1 Å². The predicted octanol–water partition coefficient (Wildman–Crippen LogP) is -1.21. The zero-order valence-electron chi connectivity index (χ0n) is 7.74. The predicted molar refractivity (Wildman–Crippen MR) is 48.1 cm³/mol. The Labute approximate surface area is 82.4 Å². The van der Waals surface area contributed by atoms with Crippen molar-refractivity contribution in [2.24, 2.45) is 0 Å². The first-order chi connectivity index (χ1) is 6.66. The summed E-state index contributed by atoms with van der Waals surface area (Å²) in [6.07, 6.45) is -1.92. The molecule has 2 saturated heterocycles. The molecule has 2 aliphatic heterocycles. The Bertz CT molecular complexity index is 265. The van der Waals surface area contributed by atoms with Gasteiger partial charge in [-0.2, -0.15) is 0 Å². The summed E-state index contributed by atoms with van der Waals surface area (Å²) in [7, 11) is 0. The first-order valence-electron chi connectivity index (χ1n) is 4.83. The summed E-state index contributed by atoms with van der Waals surface area (Å²) >= 11 is 0. The minimum absolute atomic E-state index is 0.460. The van der Waals surface area contributed by atoms with Gasteiger partial charge in [0.25, 0.3) is 0 Å². The van der Waals surface area contributed by atoms with Crippen LogP contribution in [0, 0.1) is 6.57 Å². The second-order valence-corrected chi connectivity index (χ2v) is 3.96. The molecule has 2 fully saturated rings. The molecule has 14 heavy (non-hydrogen) atoms. The van der Waals surface area contributed by atoms with Crippen molar-refractivity contribution in [2.45, 2.75) is 43.4 Å². The fraction of sp³-hybridized carbons (Fsp3) is 0.889. The zero-order chi connectivity index (χ0) is 10.3. The average molecular weight is 198 g/mol. The fourth-order valence-electron chi connectivity index (χ4n) is 2.48. The SMILES string of the molecule is [C-]#[N+]C1C(O)[C@H](O)[C@H]2[C@@H](O)CCCN12. The van der Waals surface area contributed by atoms with Crippen molar-refractivity contribution in [3.63, 3.8) is 0 Å². The summed E-state index contributed by atoms with van der Waals surface area (Å²) in [5.41, 5.74) is 0. The minimum Gasteiger partial charge on any atom is -0.391 e. The second kappa shape index (κ2) is 3.48. The zero-order valence-corrected chi connectivity index (χ0v) is 7.74. The van der Waals surface area contributed by atoms with Crippen molar-refractivity contribution < 1.29 is 15.3 Å². The highest BCUT2D eigenvalue weighted by atomic mass is 16.3. The van der Waals surface area contributed by atoms with Gasteiger partial charge in [0, 0.05) is 6.54 Å². The molecule has 0 spiro atoms. The summed E-state index contributed by atoms with van der Waals surface area (Å²) in [5.74, 6) is 0. The topological polar surface area (TPSA) is 68.3 Å². The van der Waals surface area contributed by atoms with Crippen LogP contribution >= 0.6 is 0 Å². The lowest BCUT2D eigenvalue weighted by Crippen LogP contribution is -2.50. The summed E-state index contributed by atoms with van der Waals surface area (Å²) in [4.78, 5) is 5.01. The molecule has 2 aliphatic rings. The number of rotatable bonds is 0. The number of aliphatic hydroxyl groups is 3. The summed E-state index contributed by atoms with van der Waals surface area (Å²) in [6, 6.07) is -0.460. The normalized spacial score (nSPS) is 48.6. The molecular weight excluding hydrogens is 184 g/mol. The van der Waals surface area contributed by atoms with Gasteiger partial charge in [0.1, 0.15) is 6.10 Å². The maximum atomic E-state index is 9.67. The van der Waals surface area contributed by atoms with Gasteiger partial charge >= 0.3 is 6.17 Å². The standard InChI is InChI=1S/C9H14N2O3/c1-10-9-8(14)7(13)6-5(12)3-2-4-11(6)9/h5-9,12-14H,2-4H2/t5-,6+,7+,8?,9?/m0/s1. The molecular formula is C9H14N2O3. The Morgan fingerprint density at radius 1 is 1.21 bits per heavy atom. The van der Waals surface area contributed by atoms with Crippen LogP contribution in [0.1, 0.15) is 12.8 Å². The van der Waals surface area contributed by atoms with E-state index >= 15 is 0 Å². The van der Waals surface area contributed by atoms with E-state index in [2.05, 4.69) is 4.85 Å². The molecule has 0 aliphatic carbocycles. The monoisotopic (exact) mass is 198 g/mol. The van der Waals surface area contributed by atoms with Gasteiger partial charge in [0.2, 0.25) is 0 Å². The van der Waals surface area contributed by atoms with E-state index in [9.17, 15) is 15.3 Å². The van der Waals surface area contributed by atoms with E-state index in [4.69, 9.17) is 6.57 Å². The van der Waals surface area contributed by atoms with Crippen LogP contribution in [0.2, 0.25) is 0 Å². The molecule has 0 aromatic rings. The van der Waals surface area contributed by atoms with Crippen LogP contribution in [0.25, 0.3) is 4.85 Å². The Morgan fingerprint density at radius 2 is 1.93 bits per heavy atom. The third kappa shape index (κ3) is 1.23. The summed E-state index contributed by atoms with van der Waals surface area (Å²) < 4.78 is 0. The lowest BCUT2D eigenvalue weighted by Gasteiger charge is -2.33. The molecule has 5 atom stereocenters. The molecule has 0 aromatic carbocycles. The highest BCUT2D eigenvalue weighted by Gasteiger charge is 2.55. The lowest BCUT2D eigenvalue weighted by molar-refractivity contribution is -0.0287. The molecule has 0 saturated carbocycles. The Kier molecular flexibility index (Phi) is 2.45. The Morgan fingerprint density at radius 3 is 2.57 bits per heavy atom. The van der Waals surface area contributed by atoms with Gasteiger partial charge in [-0.1, -0.05) is 0 Å². The minimum atomic E-state index is -1.05. The summed E-state index contributed by atoms with van der Waals surface area (Å²) in [5, 5.41) is 28.9. The third-order valence-corrected chi connectivity index (χ3v) is 3.17. The number of piperidine rings is 1. The molecule has 78 valence electrons.